The quantitative estimate of drug-likeness (QED) is 0.712. The van der Waals surface area contributed by atoms with E-state index in [1.807, 2.05) is 12.1 Å². The maximum atomic E-state index is 12.4. The number of piperazine rings is 1. The molecule has 0 bridgehead atoms. The molecule has 0 aliphatic carbocycles. The highest BCUT2D eigenvalue weighted by molar-refractivity contribution is 14.1. The molecule has 0 atom stereocenters. The van der Waals surface area contributed by atoms with Gasteiger partial charge in [0.25, 0.3) is 5.91 Å². The minimum atomic E-state index is -0.122. The first-order valence-electron chi connectivity index (χ1n) is 7.83. The van der Waals surface area contributed by atoms with E-state index in [0.29, 0.717) is 10.6 Å². The van der Waals surface area contributed by atoms with Gasteiger partial charge in [-0.2, -0.15) is 0 Å². The van der Waals surface area contributed by atoms with E-state index >= 15 is 0 Å². The van der Waals surface area contributed by atoms with Crippen molar-refractivity contribution in [2.24, 2.45) is 0 Å². The molecule has 126 valence electrons. The predicted octanol–water partition coefficient (Wildman–Crippen LogP) is 3.95. The first-order valence-corrected chi connectivity index (χ1v) is 9.28. The SMILES string of the molecule is CN1CCN(c2ccc(NC(=O)c3ccc(Cl)cc3I)cc2)CC1. The lowest BCUT2D eigenvalue weighted by molar-refractivity contribution is 0.102. The molecule has 1 saturated heterocycles. The highest BCUT2D eigenvalue weighted by Gasteiger charge is 2.15. The number of amides is 1. The largest absolute Gasteiger partial charge is 0.369 e. The number of hydrogen-bond donors (Lipinski definition) is 1. The molecule has 3 rings (SSSR count). The second-order valence-electron chi connectivity index (χ2n) is 5.92. The Bertz CT molecular complexity index is 728. The minimum absolute atomic E-state index is 0.122. The Morgan fingerprint density at radius 3 is 2.38 bits per heavy atom. The van der Waals surface area contributed by atoms with Crippen LogP contribution in [0.1, 0.15) is 10.4 Å². The summed E-state index contributed by atoms with van der Waals surface area (Å²) in [5.74, 6) is -0.122. The average Bonchev–Trinajstić information content (AvgIpc) is 2.56. The van der Waals surface area contributed by atoms with Crippen molar-refractivity contribution in [2.75, 3.05) is 43.4 Å². The Hall–Kier alpha value is -1.31. The maximum absolute atomic E-state index is 12.4. The summed E-state index contributed by atoms with van der Waals surface area (Å²) >= 11 is 8.06. The number of carbonyl (C=O) groups excluding carboxylic acids is 1. The molecule has 1 aliphatic heterocycles. The summed E-state index contributed by atoms with van der Waals surface area (Å²) in [4.78, 5) is 17.1. The van der Waals surface area contributed by atoms with Gasteiger partial charge >= 0.3 is 0 Å². The summed E-state index contributed by atoms with van der Waals surface area (Å²) < 4.78 is 0.839. The van der Waals surface area contributed by atoms with Crippen LogP contribution in [0.4, 0.5) is 11.4 Å². The molecule has 24 heavy (non-hydrogen) atoms. The van der Waals surface area contributed by atoms with Crippen molar-refractivity contribution >= 4 is 51.5 Å². The number of anilines is 2. The van der Waals surface area contributed by atoms with Gasteiger partial charge in [-0.1, -0.05) is 11.6 Å². The number of rotatable bonds is 3. The van der Waals surface area contributed by atoms with Crippen LogP contribution in [0.2, 0.25) is 5.02 Å². The van der Waals surface area contributed by atoms with E-state index in [4.69, 9.17) is 11.6 Å². The van der Waals surface area contributed by atoms with Crippen molar-refractivity contribution in [2.45, 2.75) is 0 Å². The van der Waals surface area contributed by atoms with Crippen molar-refractivity contribution in [1.82, 2.24) is 4.90 Å². The van der Waals surface area contributed by atoms with E-state index in [2.05, 4.69) is 56.9 Å². The lowest BCUT2D eigenvalue weighted by Crippen LogP contribution is -2.44. The average molecular weight is 456 g/mol. The number of carbonyl (C=O) groups is 1. The van der Waals surface area contributed by atoms with Gasteiger partial charge in [0, 0.05) is 46.1 Å². The fraction of sp³-hybridized carbons (Fsp3) is 0.278. The van der Waals surface area contributed by atoms with E-state index in [1.165, 1.54) is 5.69 Å². The fourth-order valence-electron chi connectivity index (χ4n) is 2.69. The van der Waals surface area contributed by atoms with E-state index < -0.39 is 0 Å². The zero-order valence-electron chi connectivity index (χ0n) is 13.4. The Kier molecular flexibility index (Phi) is 5.63. The Balaban J connectivity index is 1.66. The second kappa shape index (κ2) is 7.72. The van der Waals surface area contributed by atoms with Gasteiger partial charge in [-0.3, -0.25) is 4.79 Å². The highest BCUT2D eigenvalue weighted by Crippen LogP contribution is 2.22. The number of likely N-dealkylation sites (N-methyl/N-ethyl adjacent to an activating group) is 1. The van der Waals surface area contributed by atoms with E-state index in [1.54, 1.807) is 18.2 Å². The first-order chi connectivity index (χ1) is 11.5. The summed E-state index contributed by atoms with van der Waals surface area (Å²) in [6.45, 7) is 4.22. The van der Waals surface area contributed by atoms with Gasteiger partial charge in [-0.25, -0.2) is 0 Å². The number of nitrogens with one attached hydrogen (secondary N) is 1. The topological polar surface area (TPSA) is 35.6 Å². The molecule has 1 aliphatic rings. The van der Waals surface area contributed by atoms with Crippen LogP contribution >= 0.6 is 34.2 Å². The third-order valence-electron chi connectivity index (χ3n) is 4.17. The minimum Gasteiger partial charge on any atom is -0.369 e. The molecule has 4 nitrogen and oxygen atoms in total. The van der Waals surface area contributed by atoms with Gasteiger partial charge < -0.3 is 15.1 Å². The van der Waals surface area contributed by atoms with Crippen LogP contribution in [0, 0.1) is 3.57 Å². The predicted molar refractivity (Wildman–Crippen MR) is 108 cm³/mol. The fourth-order valence-corrected chi connectivity index (χ4v) is 3.81. The summed E-state index contributed by atoms with van der Waals surface area (Å²) in [6.07, 6.45) is 0. The molecule has 0 saturated carbocycles. The zero-order chi connectivity index (χ0) is 17.1. The van der Waals surface area contributed by atoms with Crippen LogP contribution in [0.5, 0.6) is 0 Å². The molecule has 2 aromatic rings. The van der Waals surface area contributed by atoms with E-state index in [-0.39, 0.29) is 5.91 Å². The van der Waals surface area contributed by atoms with Gasteiger partial charge in [0.2, 0.25) is 0 Å². The van der Waals surface area contributed by atoms with Gasteiger partial charge in [-0.05, 0) is 72.1 Å². The van der Waals surface area contributed by atoms with E-state index in [9.17, 15) is 4.79 Å². The Morgan fingerprint density at radius 2 is 1.75 bits per heavy atom. The summed E-state index contributed by atoms with van der Waals surface area (Å²) in [5.41, 5.74) is 2.62. The summed E-state index contributed by atoms with van der Waals surface area (Å²) in [6, 6.07) is 13.3. The van der Waals surface area contributed by atoms with Crippen LogP contribution in [-0.2, 0) is 0 Å². The van der Waals surface area contributed by atoms with Crippen LogP contribution in [0.15, 0.2) is 42.5 Å². The first kappa shape index (κ1) is 17.5. The summed E-state index contributed by atoms with van der Waals surface area (Å²) in [7, 11) is 2.15. The zero-order valence-corrected chi connectivity index (χ0v) is 16.3. The van der Waals surface area contributed by atoms with Crippen molar-refractivity contribution in [3.8, 4) is 0 Å². The second-order valence-corrected chi connectivity index (χ2v) is 7.51. The molecule has 6 heteroatoms. The Morgan fingerprint density at radius 1 is 1.08 bits per heavy atom. The Labute approximate surface area is 160 Å². The number of nitrogens with zero attached hydrogens (tertiary/aromatic N) is 2. The molecule has 0 spiro atoms. The monoisotopic (exact) mass is 455 g/mol. The van der Waals surface area contributed by atoms with E-state index in [0.717, 1.165) is 35.4 Å². The van der Waals surface area contributed by atoms with Crippen molar-refractivity contribution in [3.63, 3.8) is 0 Å². The van der Waals surface area contributed by atoms with Crippen LogP contribution in [0.3, 0.4) is 0 Å². The number of halogens is 2. The molecular formula is C18H19ClIN3O. The third-order valence-corrected chi connectivity index (χ3v) is 5.30. The standard InChI is InChI=1S/C18H19ClIN3O/c1-22-8-10-23(11-9-22)15-5-3-14(4-6-15)21-18(24)16-7-2-13(19)12-17(16)20/h2-7,12H,8-11H2,1H3,(H,21,24). The molecule has 1 fully saturated rings. The van der Waals surface area contributed by atoms with Crippen molar-refractivity contribution in [1.29, 1.82) is 0 Å². The molecule has 2 aromatic carbocycles. The van der Waals surface area contributed by atoms with Crippen LogP contribution in [-0.4, -0.2) is 44.0 Å². The van der Waals surface area contributed by atoms with Crippen molar-refractivity contribution < 1.29 is 4.79 Å². The van der Waals surface area contributed by atoms with Gasteiger partial charge in [0.05, 0.1) is 5.56 Å². The lowest BCUT2D eigenvalue weighted by Gasteiger charge is -2.34. The lowest BCUT2D eigenvalue weighted by atomic mass is 10.2. The molecule has 0 unspecified atom stereocenters. The van der Waals surface area contributed by atoms with Gasteiger partial charge in [0.15, 0.2) is 0 Å². The maximum Gasteiger partial charge on any atom is 0.256 e. The van der Waals surface area contributed by atoms with Gasteiger partial charge in [0.1, 0.15) is 0 Å². The van der Waals surface area contributed by atoms with Crippen LogP contribution < -0.4 is 10.2 Å². The molecule has 1 heterocycles. The molecule has 1 N–H and O–H groups in total. The van der Waals surface area contributed by atoms with Crippen LogP contribution in [0.25, 0.3) is 0 Å². The summed E-state index contributed by atoms with van der Waals surface area (Å²) in [5, 5.41) is 3.57. The van der Waals surface area contributed by atoms with Gasteiger partial charge in [-0.15, -0.1) is 0 Å². The highest BCUT2D eigenvalue weighted by atomic mass is 127. The molecule has 0 aromatic heterocycles. The van der Waals surface area contributed by atoms with Crippen molar-refractivity contribution in [3.05, 3.63) is 56.6 Å². The molecular weight excluding hydrogens is 437 g/mol. The number of hydrogen-bond acceptors (Lipinski definition) is 3. The smallest absolute Gasteiger partial charge is 0.256 e. The third kappa shape index (κ3) is 4.20. The normalized spacial score (nSPS) is 15.4. The molecule has 1 amide bonds. The molecule has 0 radical (unpaired) electrons. The number of benzene rings is 2.